The first-order valence-electron chi connectivity index (χ1n) is 8.47. The van der Waals surface area contributed by atoms with Gasteiger partial charge in [0.1, 0.15) is 6.04 Å². The standard InChI is InChI=1S/C20H23N3O2/c1-13-5-4-6-16(11-13)21-20(25)22-18-9-10-23(19(18)24)17-8-7-14(2)15(3)12-17/h4-8,11-12,18H,9-10H2,1-3H3,(H2,21,22,25). The highest BCUT2D eigenvalue weighted by Gasteiger charge is 2.33. The molecule has 1 saturated heterocycles. The van der Waals surface area contributed by atoms with E-state index in [1.807, 2.05) is 63.2 Å². The second-order valence-corrected chi connectivity index (χ2v) is 6.57. The number of amides is 3. The topological polar surface area (TPSA) is 61.4 Å². The lowest BCUT2D eigenvalue weighted by Gasteiger charge is -2.18. The van der Waals surface area contributed by atoms with E-state index in [0.29, 0.717) is 18.7 Å². The largest absolute Gasteiger partial charge is 0.326 e. The van der Waals surface area contributed by atoms with Crippen LogP contribution in [0.3, 0.4) is 0 Å². The Hall–Kier alpha value is -2.82. The van der Waals surface area contributed by atoms with Gasteiger partial charge in [0, 0.05) is 17.9 Å². The van der Waals surface area contributed by atoms with Crippen molar-refractivity contribution in [2.45, 2.75) is 33.2 Å². The molecule has 2 N–H and O–H groups in total. The van der Waals surface area contributed by atoms with Crippen LogP contribution in [0, 0.1) is 20.8 Å². The van der Waals surface area contributed by atoms with Crippen molar-refractivity contribution in [3.63, 3.8) is 0 Å². The van der Waals surface area contributed by atoms with Crippen LogP contribution in [-0.2, 0) is 4.79 Å². The zero-order valence-electron chi connectivity index (χ0n) is 14.8. The maximum atomic E-state index is 12.6. The monoisotopic (exact) mass is 337 g/mol. The summed E-state index contributed by atoms with van der Waals surface area (Å²) in [5.74, 6) is -0.0670. The van der Waals surface area contributed by atoms with Gasteiger partial charge in [0.15, 0.2) is 0 Å². The van der Waals surface area contributed by atoms with Crippen LogP contribution in [0.15, 0.2) is 42.5 Å². The van der Waals surface area contributed by atoms with Gasteiger partial charge in [0.25, 0.3) is 0 Å². The van der Waals surface area contributed by atoms with Crippen molar-refractivity contribution in [3.8, 4) is 0 Å². The molecule has 3 rings (SSSR count). The Bertz CT molecular complexity index is 816. The molecule has 0 bridgehead atoms. The van der Waals surface area contributed by atoms with E-state index in [-0.39, 0.29) is 11.9 Å². The van der Waals surface area contributed by atoms with E-state index in [1.165, 1.54) is 5.56 Å². The SMILES string of the molecule is Cc1cccc(NC(=O)NC2CCN(c3ccc(C)c(C)c3)C2=O)c1. The Balaban J connectivity index is 1.63. The first kappa shape index (κ1) is 17.0. The smallest absolute Gasteiger partial charge is 0.319 e. The van der Waals surface area contributed by atoms with E-state index in [4.69, 9.17) is 0 Å². The molecule has 2 aromatic carbocycles. The van der Waals surface area contributed by atoms with Gasteiger partial charge in [-0.3, -0.25) is 4.79 Å². The van der Waals surface area contributed by atoms with Crippen molar-refractivity contribution in [3.05, 3.63) is 59.2 Å². The van der Waals surface area contributed by atoms with Gasteiger partial charge in [-0.2, -0.15) is 0 Å². The number of aryl methyl sites for hydroxylation is 3. The molecular weight excluding hydrogens is 314 g/mol. The maximum Gasteiger partial charge on any atom is 0.319 e. The fraction of sp³-hybridized carbons (Fsp3) is 0.300. The molecule has 130 valence electrons. The third kappa shape index (κ3) is 3.82. The average Bonchev–Trinajstić information content (AvgIpc) is 2.91. The zero-order chi connectivity index (χ0) is 18.0. The van der Waals surface area contributed by atoms with Crippen molar-refractivity contribution in [1.29, 1.82) is 0 Å². The fourth-order valence-electron chi connectivity index (χ4n) is 3.01. The summed E-state index contributed by atoms with van der Waals surface area (Å²) in [5.41, 5.74) is 5.02. The Morgan fingerprint density at radius 3 is 2.60 bits per heavy atom. The molecule has 1 unspecified atom stereocenters. The predicted molar refractivity (Wildman–Crippen MR) is 100 cm³/mol. The first-order valence-corrected chi connectivity index (χ1v) is 8.47. The van der Waals surface area contributed by atoms with E-state index in [2.05, 4.69) is 10.6 Å². The molecule has 2 aromatic rings. The number of carbonyl (C=O) groups is 2. The number of urea groups is 1. The van der Waals surface area contributed by atoms with Gasteiger partial charge in [0.2, 0.25) is 5.91 Å². The highest BCUT2D eigenvalue weighted by molar-refractivity contribution is 6.02. The molecule has 5 heteroatoms. The minimum absolute atomic E-state index is 0.0670. The summed E-state index contributed by atoms with van der Waals surface area (Å²) in [5, 5.41) is 5.56. The lowest BCUT2D eigenvalue weighted by molar-refractivity contribution is -0.118. The van der Waals surface area contributed by atoms with Crippen LogP contribution < -0.4 is 15.5 Å². The van der Waals surface area contributed by atoms with Crippen LogP contribution in [0.25, 0.3) is 0 Å². The number of carbonyl (C=O) groups excluding carboxylic acids is 2. The number of rotatable bonds is 3. The summed E-state index contributed by atoms with van der Waals surface area (Å²) >= 11 is 0. The summed E-state index contributed by atoms with van der Waals surface area (Å²) in [4.78, 5) is 26.5. The Morgan fingerprint density at radius 2 is 1.88 bits per heavy atom. The number of hydrogen-bond donors (Lipinski definition) is 2. The highest BCUT2D eigenvalue weighted by Crippen LogP contribution is 2.24. The van der Waals surface area contributed by atoms with Crippen LogP contribution >= 0.6 is 0 Å². The summed E-state index contributed by atoms with van der Waals surface area (Å²) in [6.07, 6.45) is 0.604. The number of nitrogens with zero attached hydrogens (tertiary/aromatic N) is 1. The number of anilines is 2. The van der Waals surface area contributed by atoms with Crippen LogP contribution in [0.5, 0.6) is 0 Å². The lowest BCUT2D eigenvalue weighted by atomic mass is 10.1. The van der Waals surface area contributed by atoms with Gasteiger partial charge in [-0.05, 0) is 68.1 Å². The maximum absolute atomic E-state index is 12.6. The first-order chi connectivity index (χ1) is 11.9. The van der Waals surface area contributed by atoms with E-state index in [9.17, 15) is 9.59 Å². The minimum Gasteiger partial charge on any atom is -0.326 e. The summed E-state index contributed by atoms with van der Waals surface area (Å²) in [6, 6.07) is 12.7. The van der Waals surface area contributed by atoms with Crippen molar-refractivity contribution < 1.29 is 9.59 Å². The third-order valence-corrected chi connectivity index (χ3v) is 4.59. The molecule has 5 nitrogen and oxygen atoms in total. The van der Waals surface area contributed by atoms with Crippen LogP contribution in [0.4, 0.5) is 16.2 Å². The molecular formula is C20H23N3O2. The molecule has 0 saturated carbocycles. The fourth-order valence-corrected chi connectivity index (χ4v) is 3.01. The van der Waals surface area contributed by atoms with Crippen molar-refractivity contribution in [2.24, 2.45) is 0 Å². The van der Waals surface area contributed by atoms with E-state index >= 15 is 0 Å². The molecule has 1 aliphatic rings. The highest BCUT2D eigenvalue weighted by atomic mass is 16.2. The Labute approximate surface area is 148 Å². The Morgan fingerprint density at radius 1 is 1.08 bits per heavy atom. The van der Waals surface area contributed by atoms with Gasteiger partial charge in [-0.25, -0.2) is 4.79 Å². The van der Waals surface area contributed by atoms with E-state index in [0.717, 1.165) is 16.8 Å². The van der Waals surface area contributed by atoms with Crippen molar-refractivity contribution >= 4 is 23.3 Å². The van der Waals surface area contributed by atoms with Crippen LogP contribution in [-0.4, -0.2) is 24.5 Å². The predicted octanol–water partition coefficient (Wildman–Crippen LogP) is 3.54. The zero-order valence-corrected chi connectivity index (χ0v) is 14.8. The Kier molecular flexibility index (Phi) is 4.74. The van der Waals surface area contributed by atoms with Crippen molar-refractivity contribution in [1.82, 2.24) is 5.32 Å². The summed E-state index contributed by atoms with van der Waals surface area (Å²) < 4.78 is 0. The van der Waals surface area contributed by atoms with Gasteiger partial charge >= 0.3 is 6.03 Å². The lowest BCUT2D eigenvalue weighted by Crippen LogP contribution is -2.43. The van der Waals surface area contributed by atoms with Crippen molar-refractivity contribution in [2.75, 3.05) is 16.8 Å². The average molecular weight is 337 g/mol. The van der Waals surface area contributed by atoms with Gasteiger partial charge in [-0.1, -0.05) is 18.2 Å². The number of nitrogens with one attached hydrogen (secondary N) is 2. The van der Waals surface area contributed by atoms with E-state index in [1.54, 1.807) is 4.90 Å². The normalized spacial score (nSPS) is 16.8. The molecule has 1 aliphatic heterocycles. The summed E-state index contributed by atoms with van der Waals surface area (Å²) in [6.45, 7) is 6.65. The van der Waals surface area contributed by atoms with Crippen LogP contribution in [0.1, 0.15) is 23.1 Å². The second-order valence-electron chi connectivity index (χ2n) is 6.57. The second kappa shape index (κ2) is 6.97. The molecule has 1 heterocycles. The molecule has 3 amide bonds. The number of hydrogen-bond acceptors (Lipinski definition) is 2. The molecule has 25 heavy (non-hydrogen) atoms. The van der Waals surface area contributed by atoms with Gasteiger partial charge in [0.05, 0.1) is 0 Å². The van der Waals surface area contributed by atoms with Crippen LogP contribution in [0.2, 0.25) is 0 Å². The van der Waals surface area contributed by atoms with Gasteiger partial charge in [-0.15, -0.1) is 0 Å². The summed E-state index contributed by atoms with van der Waals surface area (Å²) in [7, 11) is 0. The van der Waals surface area contributed by atoms with E-state index < -0.39 is 6.04 Å². The minimum atomic E-state index is -0.494. The molecule has 1 atom stereocenters. The quantitative estimate of drug-likeness (QED) is 0.900. The molecule has 0 aliphatic carbocycles. The molecule has 0 radical (unpaired) electrons. The van der Waals surface area contributed by atoms with Gasteiger partial charge < -0.3 is 15.5 Å². The molecule has 1 fully saturated rings. The third-order valence-electron chi connectivity index (χ3n) is 4.59. The molecule has 0 spiro atoms. The number of benzene rings is 2. The molecule has 0 aromatic heterocycles.